The van der Waals surface area contributed by atoms with Crippen molar-refractivity contribution >= 4 is 10.2 Å². The molecule has 26 heavy (non-hydrogen) atoms. The Kier molecular flexibility index (Phi) is 6.07. The predicted molar refractivity (Wildman–Crippen MR) is 104 cm³/mol. The van der Waals surface area contributed by atoms with Crippen molar-refractivity contribution in [3.05, 3.63) is 35.9 Å². The number of piperidine rings is 1. The summed E-state index contributed by atoms with van der Waals surface area (Å²) in [7, 11) is -3.48. The van der Waals surface area contributed by atoms with Crippen LogP contribution in [0, 0.1) is 5.92 Å². The summed E-state index contributed by atoms with van der Waals surface area (Å²) in [5.41, 5.74) is 0.745. The zero-order valence-corrected chi connectivity index (χ0v) is 17.0. The first kappa shape index (κ1) is 19.8. The van der Waals surface area contributed by atoms with Crippen LogP contribution in [-0.4, -0.2) is 48.4 Å². The van der Waals surface area contributed by atoms with Crippen molar-refractivity contribution in [3.8, 4) is 0 Å². The topological polar surface area (TPSA) is 49.9 Å². The number of rotatable bonds is 5. The van der Waals surface area contributed by atoms with Gasteiger partial charge in [0.1, 0.15) is 0 Å². The molecule has 0 bridgehead atoms. The molecule has 0 spiro atoms. The van der Waals surface area contributed by atoms with Crippen LogP contribution in [0.25, 0.3) is 0 Å². The predicted octanol–water partition coefficient (Wildman–Crippen LogP) is 3.42. The van der Waals surface area contributed by atoms with Crippen molar-refractivity contribution in [2.24, 2.45) is 5.92 Å². The van der Waals surface area contributed by atoms with Crippen LogP contribution in [0.15, 0.2) is 30.3 Å². The minimum Gasteiger partial charge on any atom is -0.375 e. The highest BCUT2D eigenvalue weighted by atomic mass is 32.2. The molecule has 1 aromatic carbocycles. The minimum absolute atomic E-state index is 0.0247. The van der Waals surface area contributed by atoms with E-state index in [4.69, 9.17) is 4.74 Å². The molecule has 2 aliphatic heterocycles. The van der Waals surface area contributed by atoms with Crippen LogP contribution in [0.1, 0.15) is 52.0 Å². The van der Waals surface area contributed by atoms with Crippen LogP contribution in [0.3, 0.4) is 0 Å². The highest BCUT2D eigenvalue weighted by molar-refractivity contribution is 7.86. The number of hydrogen-bond donors (Lipinski definition) is 0. The van der Waals surface area contributed by atoms with Gasteiger partial charge in [-0.25, -0.2) is 0 Å². The Morgan fingerprint density at radius 3 is 2.42 bits per heavy atom. The summed E-state index contributed by atoms with van der Waals surface area (Å²) in [4.78, 5) is 0. The van der Waals surface area contributed by atoms with E-state index in [1.807, 2.05) is 30.3 Å². The van der Waals surface area contributed by atoms with Crippen LogP contribution in [0.4, 0.5) is 0 Å². The molecule has 146 valence electrons. The van der Waals surface area contributed by atoms with Crippen molar-refractivity contribution in [2.45, 2.75) is 64.6 Å². The highest BCUT2D eigenvalue weighted by Crippen LogP contribution is 2.32. The number of ether oxygens (including phenoxy) is 1. The van der Waals surface area contributed by atoms with Gasteiger partial charge in [-0.1, -0.05) is 37.3 Å². The van der Waals surface area contributed by atoms with Crippen LogP contribution in [-0.2, 0) is 21.5 Å². The Hall–Kier alpha value is -0.950. The molecule has 0 amide bonds. The Bertz CT molecular complexity index is 682. The van der Waals surface area contributed by atoms with Crippen LogP contribution in [0.5, 0.6) is 0 Å². The smallest absolute Gasteiger partial charge is 0.282 e. The molecule has 2 heterocycles. The molecule has 1 atom stereocenters. The lowest BCUT2D eigenvalue weighted by atomic mass is 9.94. The lowest BCUT2D eigenvalue weighted by Gasteiger charge is -2.43. The fourth-order valence-electron chi connectivity index (χ4n) is 3.97. The summed E-state index contributed by atoms with van der Waals surface area (Å²) in [6.07, 6.45) is 3.36. The summed E-state index contributed by atoms with van der Waals surface area (Å²) in [5, 5.41) is 0. The maximum Gasteiger partial charge on any atom is 0.282 e. The normalized spacial score (nSPS) is 25.5. The summed E-state index contributed by atoms with van der Waals surface area (Å²) in [5.74, 6) is 0.603. The third-order valence-electron chi connectivity index (χ3n) is 5.62. The SMILES string of the molecule is CC1CCN(S(=O)(=O)N(Cc2ccccc2)[C@@H]2CCOC(C)(C)C2)CC1. The van der Waals surface area contributed by atoms with Gasteiger partial charge in [-0.2, -0.15) is 17.0 Å². The molecule has 0 aromatic heterocycles. The second-order valence-electron chi connectivity index (χ2n) is 8.37. The zero-order chi connectivity index (χ0) is 18.8. The van der Waals surface area contributed by atoms with E-state index in [0.29, 0.717) is 32.2 Å². The van der Waals surface area contributed by atoms with E-state index in [-0.39, 0.29) is 11.6 Å². The maximum absolute atomic E-state index is 13.5. The van der Waals surface area contributed by atoms with Crippen molar-refractivity contribution in [1.29, 1.82) is 0 Å². The van der Waals surface area contributed by atoms with E-state index in [9.17, 15) is 8.42 Å². The van der Waals surface area contributed by atoms with E-state index in [1.165, 1.54) is 0 Å². The molecular formula is C20H32N2O3S. The average Bonchev–Trinajstić information content (AvgIpc) is 2.60. The van der Waals surface area contributed by atoms with Gasteiger partial charge in [0.25, 0.3) is 10.2 Å². The first-order valence-electron chi connectivity index (χ1n) is 9.73. The molecule has 0 unspecified atom stereocenters. The Labute approximate surface area is 158 Å². The van der Waals surface area contributed by atoms with Gasteiger partial charge in [0.15, 0.2) is 0 Å². The molecule has 3 rings (SSSR count). The highest BCUT2D eigenvalue weighted by Gasteiger charge is 2.40. The number of hydrogen-bond acceptors (Lipinski definition) is 3. The third kappa shape index (κ3) is 4.66. The molecule has 0 radical (unpaired) electrons. The van der Waals surface area contributed by atoms with Gasteiger partial charge >= 0.3 is 0 Å². The fourth-order valence-corrected chi connectivity index (χ4v) is 5.81. The molecule has 2 fully saturated rings. The fraction of sp³-hybridized carbons (Fsp3) is 0.700. The number of benzene rings is 1. The molecule has 6 heteroatoms. The Morgan fingerprint density at radius 1 is 1.15 bits per heavy atom. The van der Waals surface area contributed by atoms with Crippen LogP contribution >= 0.6 is 0 Å². The van der Waals surface area contributed by atoms with Gasteiger partial charge in [-0.3, -0.25) is 0 Å². The molecule has 0 N–H and O–H groups in total. The zero-order valence-electron chi connectivity index (χ0n) is 16.2. The van der Waals surface area contributed by atoms with Crippen molar-refractivity contribution in [1.82, 2.24) is 8.61 Å². The second-order valence-corrected chi connectivity index (χ2v) is 10.3. The van der Waals surface area contributed by atoms with Gasteiger partial charge in [0, 0.05) is 32.3 Å². The van der Waals surface area contributed by atoms with Crippen LogP contribution in [0.2, 0.25) is 0 Å². The average molecular weight is 381 g/mol. The summed E-state index contributed by atoms with van der Waals surface area (Å²) in [6, 6.07) is 9.89. The van der Waals surface area contributed by atoms with Gasteiger partial charge in [-0.15, -0.1) is 0 Å². The first-order valence-corrected chi connectivity index (χ1v) is 11.1. The quantitative estimate of drug-likeness (QED) is 0.786. The van der Waals surface area contributed by atoms with E-state index in [2.05, 4.69) is 20.8 Å². The monoisotopic (exact) mass is 380 g/mol. The third-order valence-corrected chi connectivity index (χ3v) is 7.66. The van der Waals surface area contributed by atoms with Crippen molar-refractivity contribution in [2.75, 3.05) is 19.7 Å². The van der Waals surface area contributed by atoms with Gasteiger partial charge in [0.05, 0.1) is 5.60 Å². The molecule has 2 aliphatic rings. The molecule has 5 nitrogen and oxygen atoms in total. The van der Waals surface area contributed by atoms with E-state index < -0.39 is 10.2 Å². The van der Waals surface area contributed by atoms with Gasteiger partial charge < -0.3 is 4.74 Å². The van der Waals surface area contributed by atoms with Crippen molar-refractivity contribution < 1.29 is 13.2 Å². The summed E-state index contributed by atoms with van der Waals surface area (Å²) in [6.45, 7) is 8.59. The summed E-state index contributed by atoms with van der Waals surface area (Å²) < 4.78 is 36.3. The second kappa shape index (κ2) is 7.97. The summed E-state index contributed by atoms with van der Waals surface area (Å²) >= 11 is 0. The Morgan fingerprint density at radius 2 is 1.81 bits per heavy atom. The lowest BCUT2D eigenvalue weighted by Crippen LogP contribution is -2.53. The number of nitrogens with zero attached hydrogens (tertiary/aromatic N) is 2. The van der Waals surface area contributed by atoms with Gasteiger partial charge in [-0.05, 0) is 51.0 Å². The Balaban J connectivity index is 1.86. The standard InChI is InChI=1S/C20H32N2O3S/c1-17-9-12-21(13-10-17)26(23,24)22(16-18-7-5-4-6-8-18)19-11-14-25-20(2,3)15-19/h4-8,17,19H,9-16H2,1-3H3/t19-/m1/s1. The maximum atomic E-state index is 13.5. The lowest BCUT2D eigenvalue weighted by molar-refractivity contribution is -0.0741. The molecular weight excluding hydrogens is 348 g/mol. The molecule has 1 aromatic rings. The molecule has 2 saturated heterocycles. The van der Waals surface area contributed by atoms with E-state index in [1.54, 1.807) is 8.61 Å². The van der Waals surface area contributed by atoms with E-state index >= 15 is 0 Å². The van der Waals surface area contributed by atoms with Crippen molar-refractivity contribution in [3.63, 3.8) is 0 Å². The van der Waals surface area contributed by atoms with E-state index in [0.717, 1.165) is 31.2 Å². The minimum atomic E-state index is -3.48. The molecule has 0 aliphatic carbocycles. The molecule has 0 saturated carbocycles. The first-order chi connectivity index (χ1) is 12.3. The van der Waals surface area contributed by atoms with Crippen LogP contribution < -0.4 is 0 Å². The largest absolute Gasteiger partial charge is 0.375 e. The van der Waals surface area contributed by atoms with Gasteiger partial charge in [0.2, 0.25) is 0 Å².